The van der Waals surface area contributed by atoms with Crippen molar-refractivity contribution in [2.75, 3.05) is 0 Å². The van der Waals surface area contributed by atoms with Gasteiger partial charge in [-0.05, 0) is 12.5 Å². The number of carbonyl (C=O) groups excluding carboxylic acids is 1. The van der Waals surface area contributed by atoms with Crippen LogP contribution in [0.2, 0.25) is 0 Å². The second-order valence-corrected chi connectivity index (χ2v) is 4.46. The zero-order chi connectivity index (χ0) is 13.8. The number of aryl methyl sites for hydroxylation is 1. The van der Waals surface area contributed by atoms with Crippen molar-refractivity contribution in [3.05, 3.63) is 70.8 Å². The largest absolute Gasteiger partial charge is 0.481 e. The Labute approximate surface area is 111 Å². The third-order valence-corrected chi connectivity index (χ3v) is 2.89. The SMILES string of the molecule is Cc1ccc(C(=O)c2ccc(CC(=O)O)cc2)cc1. The summed E-state index contributed by atoms with van der Waals surface area (Å²) in [4.78, 5) is 22.7. The van der Waals surface area contributed by atoms with E-state index in [1.54, 1.807) is 36.4 Å². The molecule has 0 atom stereocenters. The number of carboxylic acid groups (broad SMARTS) is 1. The highest BCUT2D eigenvalue weighted by Gasteiger charge is 2.09. The molecular formula is C16H14O3. The molecule has 1 N–H and O–H groups in total. The Morgan fingerprint density at radius 3 is 1.84 bits per heavy atom. The zero-order valence-electron chi connectivity index (χ0n) is 10.6. The van der Waals surface area contributed by atoms with E-state index in [9.17, 15) is 9.59 Å². The van der Waals surface area contributed by atoms with E-state index in [0.29, 0.717) is 16.7 Å². The molecule has 3 nitrogen and oxygen atoms in total. The molecule has 0 aliphatic carbocycles. The zero-order valence-corrected chi connectivity index (χ0v) is 10.6. The fourth-order valence-electron chi connectivity index (χ4n) is 1.82. The topological polar surface area (TPSA) is 54.4 Å². The summed E-state index contributed by atoms with van der Waals surface area (Å²) in [6.07, 6.45) is -0.0288. The quantitative estimate of drug-likeness (QED) is 0.853. The summed E-state index contributed by atoms with van der Waals surface area (Å²) in [6, 6.07) is 14.1. The molecule has 0 fully saturated rings. The van der Waals surface area contributed by atoms with Crippen molar-refractivity contribution in [2.24, 2.45) is 0 Å². The number of aliphatic carboxylic acids is 1. The van der Waals surface area contributed by atoms with Crippen LogP contribution in [0.15, 0.2) is 48.5 Å². The lowest BCUT2D eigenvalue weighted by Gasteiger charge is -2.03. The maximum atomic E-state index is 12.2. The summed E-state index contributed by atoms with van der Waals surface area (Å²) >= 11 is 0. The van der Waals surface area contributed by atoms with Gasteiger partial charge in [-0.15, -0.1) is 0 Å². The van der Waals surface area contributed by atoms with Crippen LogP contribution in [-0.2, 0) is 11.2 Å². The number of rotatable bonds is 4. The maximum absolute atomic E-state index is 12.2. The van der Waals surface area contributed by atoms with Gasteiger partial charge >= 0.3 is 5.97 Å². The van der Waals surface area contributed by atoms with Crippen LogP contribution in [0.3, 0.4) is 0 Å². The third-order valence-electron chi connectivity index (χ3n) is 2.89. The Kier molecular flexibility index (Phi) is 3.76. The molecule has 0 saturated heterocycles. The molecule has 0 saturated carbocycles. The van der Waals surface area contributed by atoms with Crippen LogP contribution in [0.4, 0.5) is 0 Å². The van der Waals surface area contributed by atoms with Gasteiger partial charge < -0.3 is 5.11 Å². The van der Waals surface area contributed by atoms with Crippen molar-refractivity contribution in [3.8, 4) is 0 Å². The van der Waals surface area contributed by atoms with E-state index >= 15 is 0 Å². The lowest BCUT2D eigenvalue weighted by molar-refractivity contribution is -0.136. The third kappa shape index (κ3) is 3.28. The summed E-state index contributed by atoms with van der Waals surface area (Å²) in [5.74, 6) is -0.931. The lowest BCUT2D eigenvalue weighted by atomic mass is 10.0. The molecule has 0 radical (unpaired) electrons. The van der Waals surface area contributed by atoms with Gasteiger partial charge in [0.25, 0.3) is 0 Å². The Hall–Kier alpha value is -2.42. The summed E-state index contributed by atoms with van der Waals surface area (Å²) in [7, 11) is 0. The lowest BCUT2D eigenvalue weighted by Crippen LogP contribution is -2.03. The molecule has 96 valence electrons. The van der Waals surface area contributed by atoms with Gasteiger partial charge in [0, 0.05) is 11.1 Å². The van der Waals surface area contributed by atoms with Gasteiger partial charge in [-0.25, -0.2) is 0 Å². The first kappa shape index (κ1) is 13.0. The van der Waals surface area contributed by atoms with Gasteiger partial charge in [0.15, 0.2) is 5.78 Å². The molecule has 0 bridgehead atoms. The predicted octanol–water partition coefficient (Wildman–Crippen LogP) is 2.85. The first-order valence-corrected chi connectivity index (χ1v) is 5.98. The number of carboxylic acids is 1. The molecule has 0 heterocycles. The van der Waals surface area contributed by atoms with Crippen molar-refractivity contribution >= 4 is 11.8 Å². The van der Waals surface area contributed by atoms with E-state index in [0.717, 1.165) is 5.56 Å². The van der Waals surface area contributed by atoms with Crippen molar-refractivity contribution in [2.45, 2.75) is 13.3 Å². The molecule has 0 aromatic heterocycles. The second-order valence-electron chi connectivity index (χ2n) is 4.46. The van der Waals surface area contributed by atoms with Gasteiger partial charge in [-0.2, -0.15) is 0 Å². The highest BCUT2D eigenvalue weighted by molar-refractivity contribution is 6.09. The minimum Gasteiger partial charge on any atom is -0.481 e. The van der Waals surface area contributed by atoms with Gasteiger partial charge in [0.2, 0.25) is 0 Å². The van der Waals surface area contributed by atoms with Crippen LogP contribution in [0, 0.1) is 6.92 Å². The monoisotopic (exact) mass is 254 g/mol. The molecule has 19 heavy (non-hydrogen) atoms. The van der Waals surface area contributed by atoms with Crippen molar-refractivity contribution < 1.29 is 14.7 Å². The average Bonchev–Trinajstić information content (AvgIpc) is 2.39. The van der Waals surface area contributed by atoms with Crippen LogP contribution in [-0.4, -0.2) is 16.9 Å². The van der Waals surface area contributed by atoms with E-state index in [2.05, 4.69) is 0 Å². The van der Waals surface area contributed by atoms with Gasteiger partial charge in [-0.1, -0.05) is 54.1 Å². The van der Waals surface area contributed by atoms with Gasteiger partial charge in [-0.3, -0.25) is 9.59 Å². The number of hydrogen-bond acceptors (Lipinski definition) is 2. The van der Waals surface area contributed by atoms with Gasteiger partial charge in [0.05, 0.1) is 6.42 Å². The minimum absolute atomic E-state index is 0.0288. The number of carbonyl (C=O) groups is 2. The summed E-state index contributed by atoms with van der Waals surface area (Å²) in [5.41, 5.74) is 3.00. The van der Waals surface area contributed by atoms with Crippen molar-refractivity contribution in [1.29, 1.82) is 0 Å². The Morgan fingerprint density at radius 2 is 1.37 bits per heavy atom. The average molecular weight is 254 g/mol. The molecule has 3 heteroatoms. The first-order valence-electron chi connectivity index (χ1n) is 5.98. The Morgan fingerprint density at radius 1 is 0.895 bits per heavy atom. The molecule has 0 aliphatic heterocycles. The summed E-state index contributed by atoms with van der Waals surface area (Å²) in [5, 5.41) is 8.68. The van der Waals surface area contributed by atoms with Crippen LogP contribution >= 0.6 is 0 Å². The van der Waals surface area contributed by atoms with Crippen LogP contribution in [0.5, 0.6) is 0 Å². The molecule has 2 aromatic rings. The van der Waals surface area contributed by atoms with Crippen molar-refractivity contribution in [3.63, 3.8) is 0 Å². The normalized spacial score (nSPS) is 10.2. The van der Waals surface area contributed by atoms with Crippen LogP contribution in [0.25, 0.3) is 0 Å². The van der Waals surface area contributed by atoms with E-state index < -0.39 is 5.97 Å². The van der Waals surface area contributed by atoms with E-state index in [-0.39, 0.29) is 12.2 Å². The van der Waals surface area contributed by atoms with E-state index in [1.807, 2.05) is 19.1 Å². The van der Waals surface area contributed by atoms with Gasteiger partial charge in [0.1, 0.15) is 0 Å². The van der Waals surface area contributed by atoms with E-state index in [4.69, 9.17) is 5.11 Å². The predicted molar refractivity (Wildman–Crippen MR) is 72.4 cm³/mol. The Balaban J connectivity index is 2.20. The number of ketones is 1. The molecule has 0 unspecified atom stereocenters. The van der Waals surface area contributed by atoms with Crippen LogP contribution < -0.4 is 0 Å². The fraction of sp³-hybridized carbons (Fsp3) is 0.125. The molecule has 2 rings (SSSR count). The summed E-state index contributed by atoms with van der Waals surface area (Å²) < 4.78 is 0. The first-order chi connectivity index (χ1) is 9.06. The molecule has 0 spiro atoms. The highest BCUT2D eigenvalue weighted by Crippen LogP contribution is 2.12. The standard InChI is InChI=1S/C16H14O3/c1-11-2-6-13(7-3-11)16(19)14-8-4-12(5-9-14)10-15(17)18/h2-9H,10H2,1H3,(H,17,18). The fourth-order valence-corrected chi connectivity index (χ4v) is 1.82. The smallest absolute Gasteiger partial charge is 0.307 e. The molecule has 0 aliphatic rings. The second kappa shape index (κ2) is 5.48. The van der Waals surface area contributed by atoms with Crippen LogP contribution in [0.1, 0.15) is 27.0 Å². The highest BCUT2D eigenvalue weighted by atomic mass is 16.4. The molecule has 0 amide bonds. The maximum Gasteiger partial charge on any atom is 0.307 e. The molecule has 2 aromatic carbocycles. The number of hydrogen-bond donors (Lipinski definition) is 1. The van der Waals surface area contributed by atoms with E-state index in [1.165, 1.54) is 0 Å². The van der Waals surface area contributed by atoms with Crippen molar-refractivity contribution in [1.82, 2.24) is 0 Å². The molecular weight excluding hydrogens is 240 g/mol. The number of benzene rings is 2. The summed E-state index contributed by atoms with van der Waals surface area (Å²) in [6.45, 7) is 1.97. The minimum atomic E-state index is -0.877. The Bertz CT molecular complexity index is 595.